The zero-order valence-corrected chi connectivity index (χ0v) is 20.5. The molecule has 34 heavy (non-hydrogen) atoms. The van der Waals surface area contributed by atoms with E-state index < -0.39 is 31.9 Å². The predicted molar refractivity (Wildman–Crippen MR) is 123 cm³/mol. The third kappa shape index (κ3) is 5.38. The van der Waals surface area contributed by atoms with E-state index in [2.05, 4.69) is 4.72 Å². The van der Waals surface area contributed by atoms with Crippen LogP contribution in [0.4, 0.5) is 5.69 Å². The molecule has 1 aliphatic heterocycles. The molecule has 0 aromatic heterocycles. The van der Waals surface area contributed by atoms with Crippen molar-refractivity contribution in [2.24, 2.45) is 0 Å². The highest BCUT2D eigenvalue weighted by Gasteiger charge is 2.33. The van der Waals surface area contributed by atoms with E-state index >= 15 is 0 Å². The quantitative estimate of drug-likeness (QED) is 0.368. The molecule has 0 atom stereocenters. The Labute approximate surface area is 198 Å². The van der Waals surface area contributed by atoms with Crippen LogP contribution >= 0.6 is 0 Å². The fourth-order valence-corrected chi connectivity index (χ4v) is 5.14. The smallest absolute Gasteiger partial charge is 0.242 e. The Balaban J connectivity index is 1.65. The number of nitrogens with one attached hydrogen (secondary N) is 1. The summed E-state index contributed by atoms with van der Waals surface area (Å²) >= 11 is 0. The van der Waals surface area contributed by atoms with Crippen molar-refractivity contribution in [2.75, 3.05) is 39.3 Å². The third-order valence-corrected chi connectivity index (χ3v) is 8.31. The average Bonchev–Trinajstić information content (AvgIpc) is 3.14. The Morgan fingerprint density at radius 1 is 0.941 bits per heavy atom. The molecule has 0 bridgehead atoms. The SMILES string of the molecule is COc1ccc(S(=O)(=O)NCCOc2ccc(S(=O)(=O)N(C)C)cc2)cc1N1C(=O)CCC1=O. The van der Waals surface area contributed by atoms with Gasteiger partial charge in [-0.2, -0.15) is 0 Å². The molecule has 2 amide bonds. The van der Waals surface area contributed by atoms with E-state index in [4.69, 9.17) is 9.47 Å². The van der Waals surface area contributed by atoms with Gasteiger partial charge in [-0.1, -0.05) is 0 Å². The largest absolute Gasteiger partial charge is 0.495 e. The highest BCUT2D eigenvalue weighted by molar-refractivity contribution is 7.89. The molecule has 1 saturated heterocycles. The van der Waals surface area contributed by atoms with Crippen molar-refractivity contribution >= 4 is 37.5 Å². The summed E-state index contributed by atoms with van der Waals surface area (Å²) in [4.78, 5) is 25.1. The number of anilines is 1. The molecule has 184 valence electrons. The van der Waals surface area contributed by atoms with Crippen LogP contribution < -0.4 is 19.1 Å². The molecular weight excluding hydrogens is 486 g/mol. The lowest BCUT2D eigenvalue weighted by Crippen LogP contribution is -2.30. The minimum atomic E-state index is -3.98. The molecule has 0 saturated carbocycles. The van der Waals surface area contributed by atoms with Gasteiger partial charge in [-0.25, -0.2) is 30.8 Å². The standard InChI is InChI=1S/C21H25N3O8S2/c1-23(2)34(29,30)16-6-4-15(5-7-16)32-13-12-22-33(27,28)17-8-9-19(31-3)18(14-17)24-20(25)10-11-21(24)26/h4-9,14,22H,10-13H2,1-3H3. The molecule has 0 spiro atoms. The van der Waals surface area contributed by atoms with Gasteiger partial charge >= 0.3 is 0 Å². The second-order valence-corrected chi connectivity index (χ2v) is 11.4. The molecule has 3 rings (SSSR count). The summed E-state index contributed by atoms with van der Waals surface area (Å²) < 4.78 is 63.8. The van der Waals surface area contributed by atoms with Crippen molar-refractivity contribution in [1.82, 2.24) is 9.03 Å². The van der Waals surface area contributed by atoms with Crippen LogP contribution in [0.3, 0.4) is 0 Å². The fraction of sp³-hybridized carbons (Fsp3) is 0.333. The maximum Gasteiger partial charge on any atom is 0.242 e. The van der Waals surface area contributed by atoms with Crippen molar-refractivity contribution < 1.29 is 35.9 Å². The predicted octanol–water partition coefficient (Wildman–Crippen LogP) is 0.956. The van der Waals surface area contributed by atoms with Crippen LogP contribution in [0.2, 0.25) is 0 Å². The van der Waals surface area contributed by atoms with Gasteiger partial charge in [0.15, 0.2) is 0 Å². The average molecular weight is 512 g/mol. The maximum atomic E-state index is 12.7. The summed E-state index contributed by atoms with van der Waals surface area (Å²) in [7, 11) is -3.33. The number of carbonyl (C=O) groups excluding carboxylic acids is 2. The lowest BCUT2D eigenvalue weighted by atomic mass is 10.2. The second kappa shape index (κ2) is 10.1. The molecule has 2 aromatic rings. The first kappa shape index (κ1) is 25.6. The molecule has 0 radical (unpaired) electrons. The summed E-state index contributed by atoms with van der Waals surface area (Å²) in [5.41, 5.74) is 0.0712. The first-order valence-corrected chi connectivity index (χ1v) is 13.1. The van der Waals surface area contributed by atoms with Crippen LogP contribution in [0.25, 0.3) is 0 Å². The highest BCUT2D eigenvalue weighted by Crippen LogP contribution is 2.34. The number of amides is 2. The minimum Gasteiger partial charge on any atom is -0.495 e. The number of hydrogen-bond donors (Lipinski definition) is 1. The van der Waals surface area contributed by atoms with E-state index in [-0.39, 0.29) is 47.2 Å². The van der Waals surface area contributed by atoms with E-state index in [1.807, 2.05) is 0 Å². The molecule has 0 unspecified atom stereocenters. The van der Waals surface area contributed by atoms with Crippen molar-refractivity contribution in [1.29, 1.82) is 0 Å². The van der Waals surface area contributed by atoms with Gasteiger partial charge < -0.3 is 9.47 Å². The van der Waals surface area contributed by atoms with Crippen LogP contribution in [0.1, 0.15) is 12.8 Å². The zero-order valence-electron chi connectivity index (χ0n) is 18.8. The number of benzene rings is 2. The number of sulfonamides is 2. The van der Waals surface area contributed by atoms with Gasteiger partial charge in [0.25, 0.3) is 0 Å². The number of nitrogens with zero attached hydrogens (tertiary/aromatic N) is 2. The molecule has 1 fully saturated rings. The molecule has 2 aromatic carbocycles. The van der Waals surface area contributed by atoms with Crippen LogP contribution in [0.5, 0.6) is 11.5 Å². The Kier molecular flexibility index (Phi) is 7.60. The topological polar surface area (TPSA) is 139 Å². The second-order valence-electron chi connectivity index (χ2n) is 7.46. The molecule has 1 N–H and O–H groups in total. The van der Waals surface area contributed by atoms with Crippen molar-refractivity contribution in [3.8, 4) is 11.5 Å². The van der Waals surface area contributed by atoms with Gasteiger partial charge in [-0.15, -0.1) is 0 Å². The van der Waals surface area contributed by atoms with E-state index in [1.165, 1.54) is 63.7 Å². The van der Waals surface area contributed by atoms with Crippen LogP contribution in [0, 0.1) is 0 Å². The van der Waals surface area contributed by atoms with Gasteiger partial charge in [0, 0.05) is 33.5 Å². The summed E-state index contributed by atoms with van der Waals surface area (Å²) in [5, 5.41) is 0. The number of ether oxygens (including phenoxy) is 2. The van der Waals surface area contributed by atoms with Crippen molar-refractivity contribution in [2.45, 2.75) is 22.6 Å². The van der Waals surface area contributed by atoms with Crippen molar-refractivity contribution in [3.05, 3.63) is 42.5 Å². The lowest BCUT2D eigenvalue weighted by Gasteiger charge is -2.18. The monoisotopic (exact) mass is 511 g/mol. The number of imide groups is 1. The summed E-state index contributed by atoms with van der Waals surface area (Å²) in [6.45, 7) is -0.103. The number of carbonyl (C=O) groups is 2. The van der Waals surface area contributed by atoms with Crippen LogP contribution in [0.15, 0.2) is 52.3 Å². The summed E-state index contributed by atoms with van der Waals surface area (Å²) in [6.07, 6.45) is 0.104. The Morgan fingerprint density at radius 2 is 1.53 bits per heavy atom. The summed E-state index contributed by atoms with van der Waals surface area (Å²) in [5.74, 6) is -0.285. The van der Waals surface area contributed by atoms with E-state index in [0.29, 0.717) is 5.75 Å². The van der Waals surface area contributed by atoms with Crippen LogP contribution in [-0.2, 0) is 29.6 Å². The number of methoxy groups -OCH3 is 1. The zero-order chi connectivity index (χ0) is 25.1. The minimum absolute atomic E-state index is 0.0227. The van der Waals surface area contributed by atoms with Crippen molar-refractivity contribution in [3.63, 3.8) is 0 Å². The van der Waals surface area contributed by atoms with E-state index in [1.54, 1.807) is 0 Å². The Bertz CT molecular complexity index is 1270. The number of rotatable bonds is 10. The maximum absolute atomic E-state index is 12.7. The third-order valence-electron chi connectivity index (χ3n) is 5.02. The number of hydrogen-bond acceptors (Lipinski definition) is 8. The first-order valence-electron chi connectivity index (χ1n) is 10.2. The molecular formula is C21H25N3O8S2. The van der Waals surface area contributed by atoms with Gasteiger partial charge in [0.2, 0.25) is 31.9 Å². The summed E-state index contributed by atoms with van der Waals surface area (Å²) in [6, 6.07) is 9.65. The molecule has 1 heterocycles. The van der Waals surface area contributed by atoms with Gasteiger partial charge in [-0.05, 0) is 42.5 Å². The van der Waals surface area contributed by atoms with E-state index in [0.717, 1.165) is 9.21 Å². The first-order chi connectivity index (χ1) is 16.0. The highest BCUT2D eigenvalue weighted by atomic mass is 32.2. The van der Waals surface area contributed by atoms with Gasteiger partial charge in [0.05, 0.1) is 22.6 Å². The molecule has 13 heteroatoms. The normalized spacial score (nSPS) is 14.6. The fourth-order valence-electron chi connectivity index (χ4n) is 3.20. The van der Waals surface area contributed by atoms with Gasteiger partial charge in [0.1, 0.15) is 18.1 Å². The van der Waals surface area contributed by atoms with Gasteiger partial charge in [-0.3, -0.25) is 9.59 Å². The molecule has 11 nitrogen and oxygen atoms in total. The molecule has 0 aliphatic carbocycles. The Hall–Kier alpha value is -3.00. The van der Waals surface area contributed by atoms with Crippen LogP contribution in [-0.4, -0.2) is 67.3 Å². The Morgan fingerprint density at radius 3 is 2.09 bits per heavy atom. The molecule has 1 aliphatic rings. The van der Waals surface area contributed by atoms with E-state index in [9.17, 15) is 26.4 Å². The lowest BCUT2D eigenvalue weighted by molar-refractivity contribution is -0.121.